The minimum atomic E-state index is -0.506. The van der Waals surface area contributed by atoms with Gasteiger partial charge in [-0.05, 0) is 26.0 Å². The first-order valence-corrected chi connectivity index (χ1v) is 8.61. The topological polar surface area (TPSA) is 80.8 Å². The average Bonchev–Trinajstić information content (AvgIpc) is 2.89. The summed E-state index contributed by atoms with van der Waals surface area (Å²) in [6.07, 6.45) is 2.01. The highest BCUT2D eigenvalue weighted by Crippen LogP contribution is 2.34. The van der Waals surface area contributed by atoms with Crippen molar-refractivity contribution in [2.75, 3.05) is 19.0 Å². The van der Waals surface area contributed by atoms with Crippen LogP contribution in [0.3, 0.4) is 0 Å². The van der Waals surface area contributed by atoms with Crippen LogP contribution in [-0.4, -0.2) is 35.3 Å². The van der Waals surface area contributed by atoms with E-state index in [1.807, 2.05) is 0 Å². The van der Waals surface area contributed by atoms with Crippen LogP contribution < -0.4 is 0 Å². The van der Waals surface area contributed by atoms with Crippen molar-refractivity contribution in [2.45, 2.75) is 25.2 Å². The van der Waals surface area contributed by atoms with E-state index < -0.39 is 11.9 Å². The number of rotatable bonds is 7. The van der Waals surface area contributed by atoms with Gasteiger partial charge in [-0.15, -0.1) is 11.8 Å². The number of ether oxygens (including phenoxy) is 2. The molecule has 2 aromatic rings. The van der Waals surface area contributed by atoms with Gasteiger partial charge < -0.3 is 13.9 Å². The summed E-state index contributed by atoms with van der Waals surface area (Å²) in [5, 5.41) is 8.76. The fourth-order valence-electron chi connectivity index (χ4n) is 2.32. The summed E-state index contributed by atoms with van der Waals surface area (Å²) in [4.78, 5) is 25.4. The predicted octanol–water partition coefficient (Wildman–Crippen LogP) is 3.30. The number of nitriles is 1. The molecule has 0 aliphatic carbocycles. The van der Waals surface area contributed by atoms with Gasteiger partial charge in [0.15, 0.2) is 0 Å². The Labute approximate surface area is 144 Å². The van der Waals surface area contributed by atoms with Gasteiger partial charge in [-0.25, -0.2) is 9.59 Å². The zero-order valence-electron chi connectivity index (χ0n) is 13.6. The average molecular weight is 346 g/mol. The second-order valence-electron chi connectivity index (χ2n) is 4.71. The molecule has 7 heteroatoms. The van der Waals surface area contributed by atoms with E-state index in [1.54, 1.807) is 42.6 Å². The molecule has 0 amide bonds. The Hall–Kier alpha value is -2.46. The number of carbonyl (C=O) groups is 2. The van der Waals surface area contributed by atoms with E-state index in [9.17, 15) is 9.59 Å². The molecular formula is C17H18N2O4S. The second-order valence-corrected chi connectivity index (χ2v) is 5.81. The highest BCUT2D eigenvalue weighted by molar-refractivity contribution is 7.99. The second kappa shape index (κ2) is 8.41. The molecule has 0 spiro atoms. The fraction of sp³-hybridized carbons (Fsp3) is 0.353. The Morgan fingerprint density at radius 3 is 2.58 bits per heavy atom. The quantitative estimate of drug-likeness (QED) is 0.435. The van der Waals surface area contributed by atoms with Crippen LogP contribution in [0.4, 0.5) is 0 Å². The lowest BCUT2D eigenvalue weighted by Crippen LogP contribution is -2.10. The van der Waals surface area contributed by atoms with Crippen molar-refractivity contribution in [3.63, 3.8) is 0 Å². The minimum Gasteiger partial charge on any atom is -0.462 e. The number of hydrogen-bond donors (Lipinski definition) is 0. The predicted molar refractivity (Wildman–Crippen MR) is 90.3 cm³/mol. The Kier molecular flexibility index (Phi) is 6.27. The van der Waals surface area contributed by atoms with E-state index >= 15 is 0 Å². The Bertz CT molecular complexity index is 737. The zero-order valence-corrected chi connectivity index (χ0v) is 14.4. The van der Waals surface area contributed by atoms with Gasteiger partial charge in [0.25, 0.3) is 0 Å². The van der Waals surface area contributed by atoms with Crippen molar-refractivity contribution in [3.8, 4) is 6.07 Å². The van der Waals surface area contributed by atoms with Gasteiger partial charge >= 0.3 is 11.9 Å². The van der Waals surface area contributed by atoms with E-state index in [0.29, 0.717) is 33.8 Å². The number of thioether (sulfide) groups is 1. The van der Waals surface area contributed by atoms with Gasteiger partial charge in [0.1, 0.15) is 5.69 Å². The number of nitrogens with zero attached hydrogens (tertiary/aromatic N) is 2. The molecule has 0 N–H and O–H groups in total. The first-order valence-electron chi connectivity index (χ1n) is 7.62. The summed E-state index contributed by atoms with van der Waals surface area (Å²) in [6.45, 7) is 3.92. The molecule has 0 aliphatic rings. The molecule has 0 bridgehead atoms. The van der Waals surface area contributed by atoms with Crippen LogP contribution >= 0.6 is 11.8 Å². The highest BCUT2D eigenvalue weighted by Gasteiger charge is 2.28. The molecule has 0 atom stereocenters. The standard InChI is InChI=1S/C17H18N2O4S/c1-3-22-16(20)13-12-8-5-6-10-19(12)14(17(21)23-4-2)15(13)24-11-7-9-18/h5-6,8,10H,3-4,7,11H2,1-2H3. The molecule has 0 aromatic carbocycles. The van der Waals surface area contributed by atoms with Gasteiger partial charge in [-0.3, -0.25) is 0 Å². The van der Waals surface area contributed by atoms with Crippen LogP contribution in [0.1, 0.15) is 41.1 Å². The first-order chi connectivity index (χ1) is 11.7. The van der Waals surface area contributed by atoms with Gasteiger partial charge in [0, 0.05) is 18.4 Å². The van der Waals surface area contributed by atoms with Gasteiger partial charge in [-0.1, -0.05) is 6.07 Å². The number of aromatic nitrogens is 1. The molecule has 6 nitrogen and oxygen atoms in total. The van der Waals surface area contributed by atoms with Gasteiger partial charge in [-0.2, -0.15) is 5.26 Å². The maximum Gasteiger partial charge on any atom is 0.356 e. The SMILES string of the molecule is CCOC(=O)c1c(SCCC#N)c(C(=O)OCC)n2ccccc12. The number of hydrogen-bond acceptors (Lipinski definition) is 6. The Morgan fingerprint density at radius 1 is 1.21 bits per heavy atom. The smallest absolute Gasteiger partial charge is 0.356 e. The van der Waals surface area contributed by atoms with E-state index in [0.717, 1.165) is 0 Å². The molecule has 0 saturated carbocycles. The summed E-state index contributed by atoms with van der Waals surface area (Å²) in [6, 6.07) is 7.37. The number of carbonyl (C=O) groups excluding carboxylic acids is 2. The fourth-order valence-corrected chi connectivity index (χ4v) is 3.36. The number of pyridine rings is 1. The largest absolute Gasteiger partial charge is 0.462 e. The van der Waals surface area contributed by atoms with E-state index in [4.69, 9.17) is 14.7 Å². The van der Waals surface area contributed by atoms with Gasteiger partial charge in [0.2, 0.25) is 0 Å². The van der Waals surface area contributed by atoms with Crippen LogP contribution in [0.5, 0.6) is 0 Å². The van der Waals surface area contributed by atoms with E-state index in [2.05, 4.69) is 6.07 Å². The third-order valence-electron chi connectivity index (χ3n) is 3.21. The first kappa shape index (κ1) is 17.9. The highest BCUT2D eigenvalue weighted by atomic mass is 32.2. The number of esters is 2. The monoisotopic (exact) mass is 346 g/mol. The van der Waals surface area contributed by atoms with Crippen molar-refractivity contribution >= 4 is 29.2 Å². The van der Waals surface area contributed by atoms with Crippen molar-refractivity contribution < 1.29 is 19.1 Å². The maximum atomic E-state index is 12.4. The minimum absolute atomic E-state index is 0.232. The Balaban J connectivity index is 2.66. The van der Waals surface area contributed by atoms with E-state index in [1.165, 1.54) is 11.8 Å². The molecule has 0 radical (unpaired) electrons. The van der Waals surface area contributed by atoms with E-state index in [-0.39, 0.29) is 13.2 Å². The summed E-state index contributed by atoms with van der Waals surface area (Å²) in [7, 11) is 0. The molecule has 0 unspecified atom stereocenters. The lowest BCUT2D eigenvalue weighted by Gasteiger charge is -2.06. The third kappa shape index (κ3) is 3.54. The van der Waals surface area contributed by atoms with Crippen molar-refractivity contribution in [3.05, 3.63) is 35.7 Å². The lowest BCUT2D eigenvalue weighted by atomic mass is 10.2. The molecule has 2 aromatic heterocycles. The van der Waals surface area contributed by atoms with Crippen LogP contribution in [-0.2, 0) is 9.47 Å². The lowest BCUT2D eigenvalue weighted by molar-refractivity contribution is 0.0514. The third-order valence-corrected chi connectivity index (χ3v) is 4.30. The summed E-state index contributed by atoms with van der Waals surface area (Å²) >= 11 is 1.29. The molecule has 0 fully saturated rings. The summed E-state index contributed by atoms with van der Waals surface area (Å²) in [5.74, 6) is -0.531. The molecule has 126 valence electrons. The molecule has 24 heavy (non-hydrogen) atoms. The molecule has 2 heterocycles. The normalized spacial score (nSPS) is 10.4. The molecule has 0 saturated heterocycles. The van der Waals surface area contributed by atoms with Crippen LogP contribution in [0.15, 0.2) is 29.3 Å². The Morgan fingerprint density at radius 2 is 1.92 bits per heavy atom. The van der Waals surface area contributed by atoms with Crippen molar-refractivity contribution in [2.24, 2.45) is 0 Å². The van der Waals surface area contributed by atoms with Crippen LogP contribution in [0.2, 0.25) is 0 Å². The maximum absolute atomic E-state index is 12.4. The molecule has 2 rings (SSSR count). The van der Waals surface area contributed by atoms with Gasteiger partial charge in [0.05, 0.1) is 35.3 Å². The summed E-state index contributed by atoms with van der Waals surface area (Å²) in [5.41, 5.74) is 1.21. The molecular weight excluding hydrogens is 328 g/mol. The van der Waals surface area contributed by atoms with Crippen molar-refractivity contribution in [1.29, 1.82) is 5.26 Å². The van der Waals surface area contributed by atoms with Crippen LogP contribution in [0.25, 0.3) is 5.52 Å². The van der Waals surface area contributed by atoms with Crippen LogP contribution in [0, 0.1) is 11.3 Å². The number of fused-ring (bicyclic) bond motifs is 1. The zero-order chi connectivity index (χ0) is 17.5. The van der Waals surface area contributed by atoms with Crippen molar-refractivity contribution in [1.82, 2.24) is 4.40 Å². The molecule has 0 aliphatic heterocycles. The summed E-state index contributed by atoms with van der Waals surface area (Å²) < 4.78 is 11.9.